The molecule has 0 atom stereocenters. The maximum atomic E-state index is 13.0. The van der Waals surface area contributed by atoms with Crippen LogP contribution in [-0.4, -0.2) is 32.2 Å². The first kappa shape index (κ1) is 25.1. The van der Waals surface area contributed by atoms with Crippen LogP contribution in [0.2, 0.25) is 5.02 Å². The second kappa shape index (κ2) is 10.7. The van der Waals surface area contributed by atoms with Gasteiger partial charge in [-0.1, -0.05) is 41.4 Å². The van der Waals surface area contributed by atoms with E-state index in [1.807, 2.05) is 38.1 Å². The Bertz CT molecular complexity index is 1460. The summed E-state index contributed by atoms with van der Waals surface area (Å²) in [5.74, 6) is 1.17. The van der Waals surface area contributed by atoms with Gasteiger partial charge in [0.2, 0.25) is 11.7 Å². The third-order valence-corrected chi connectivity index (χ3v) is 6.15. The maximum Gasteiger partial charge on any atom is 0.248 e. The minimum absolute atomic E-state index is 0.317. The Hall–Kier alpha value is -4.03. The lowest BCUT2D eigenvalue weighted by atomic mass is 9.96. The average molecular weight is 503 g/mol. The molecule has 0 saturated heterocycles. The van der Waals surface area contributed by atoms with Crippen molar-refractivity contribution in [1.82, 2.24) is 4.98 Å². The van der Waals surface area contributed by atoms with Gasteiger partial charge in [-0.05, 0) is 55.3 Å². The highest BCUT2D eigenvalue weighted by atomic mass is 35.5. The molecule has 0 saturated carbocycles. The number of carbonyl (C=O) groups is 1. The van der Waals surface area contributed by atoms with Crippen molar-refractivity contribution in [2.24, 2.45) is 0 Å². The number of halogens is 1. The molecule has 36 heavy (non-hydrogen) atoms. The van der Waals surface area contributed by atoms with Crippen molar-refractivity contribution in [2.75, 3.05) is 26.6 Å². The van der Waals surface area contributed by atoms with Crippen LogP contribution in [0.25, 0.3) is 28.1 Å². The number of hydrogen-bond donors (Lipinski definition) is 1. The number of aryl methyl sites for hydroxylation is 2. The molecular weight excluding hydrogens is 476 g/mol. The fraction of sp³-hybridized carbons (Fsp3) is 0.172. The van der Waals surface area contributed by atoms with Crippen LogP contribution in [-0.2, 0) is 4.79 Å². The summed E-state index contributed by atoms with van der Waals surface area (Å²) in [5, 5.41) is 4.50. The normalized spacial score (nSPS) is 11.1. The monoisotopic (exact) mass is 502 g/mol. The molecule has 7 heteroatoms. The van der Waals surface area contributed by atoms with Crippen LogP contribution in [0.15, 0.2) is 60.8 Å². The Labute approximate surface area is 215 Å². The molecule has 0 aliphatic carbocycles. The summed E-state index contributed by atoms with van der Waals surface area (Å²) in [7, 11) is 4.63. The Morgan fingerprint density at radius 2 is 1.67 bits per heavy atom. The van der Waals surface area contributed by atoms with Gasteiger partial charge < -0.3 is 19.5 Å². The van der Waals surface area contributed by atoms with E-state index in [2.05, 4.69) is 22.4 Å². The Balaban J connectivity index is 1.74. The molecule has 1 N–H and O–H groups in total. The minimum Gasteiger partial charge on any atom is -0.493 e. The number of anilines is 1. The molecule has 0 radical (unpaired) electrons. The highest BCUT2D eigenvalue weighted by molar-refractivity contribution is 6.34. The van der Waals surface area contributed by atoms with E-state index in [1.165, 1.54) is 6.08 Å². The zero-order valence-corrected chi connectivity index (χ0v) is 21.6. The molecule has 0 bridgehead atoms. The number of methoxy groups -OCH3 is 3. The molecule has 4 aromatic rings. The molecule has 0 spiro atoms. The van der Waals surface area contributed by atoms with Crippen molar-refractivity contribution in [3.05, 3.63) is 82.5 Å². The number of amides is 1. The summed E-state index contributed by atoms with van der Waals surface area (Å²) < 4.78 is 16.2. The molecule has 1 amide bonds. The SMILES string of the molecule is COc1cc(/C=C/C(=O)Nc2cnc3c(C)cc(C)cc3c2-c2ccccc2Cl)cc(OC)c1OC. The quantitative estimate of drug-likeness (QED) is 0.280. The minimum atomic E-state index is -0.317. The van der Waals surface area contributed by atoms with Crippen LogP contribution >= 0.6 is 11.6 Å². The van der Waals surface area contributed by atoms with Gasteiger partial charge in [-0.3, -0.25) is 9.78 Å². The van der Waals surface area contributed by atoms with Gasteiger partial charge in [-0.25, -0.2) is 0 Å². The third-order valence-electron chi connectivity index (χ3n) is 5.82. The van der Waals surface area contributed by atoms with Crippen molar-refractivity contribution in [2.45, 2.75) is 13.8 Å². The van der Waals surface area contributed by atoms with Crippen molar-refractivity contribution < 1.29 is 19.0 Å². The second-order valence-corrected chi connectivity index (χ2v) is 8.69. The number of aromatic nitrogens is 1. The van der Waals surface area contributed by atoms with Crippen LogP contribution in [0.3, 0.4) is 0 Å². The molecule has 0 fully saturated rings. The lowest BCUT2D eigenvalue weighted by Crippen LogP contribution is -2.10. The van der Waals surface area contributed by atoms with E-state index in [1.54, 1.807) is 45.7 Å². The molecule has 3 aromatic carbocycles. The number of nitrogens with zero attached hydrogens (tertiary/aromatic N) is 1. The highest BCUT2D eigenvalue weighted by Crippen LogP contribution is 2.40. The third kappa shape index (κ3) is 4.99. The van der Waals surface area contributed by atoms with Crippen molar-refractivity contribution in [3.63, 3.8) is 0 Å². The summed E-state index contributed by atoms with van der Waals surface area (Å²) in [5.41, 5.74) is 5.95. The number of pyridine rings is 1. The van der Waals surface area contributed by atoms with Crippen LogP contribution in [0.1, 0.15) is 16.7 Å². The molecule has 184 valence electrons. The molecule has 1 aromatic heterocycles. The Morgan fingerprint density at radius 1 is 0.972 bits per heavy atom. The molecular formula is C29H27ClN2O4. The molecule has 4 rings (SSSR count). The number of ether oxygens (including phenoxy) is 3. The van der Waals surface area contributed by atoms with E-state index in [0.29, 0.717) is 33.5 Å². The summed E-state index contributed by atoms with van der Waals surface area (Å²) in [6.07, 6.45) is 4.80. The van der Waals surface area contributed by atoms with Gasteiger partial charge >= 0.3 is 0 Å². The Morgan fingerprint density at radius 3 is 2.31 bits per heavy atom. The number of hydrogen-bond acceptors (Lipinski definition) is 5. The maximum absolute atomic E-state index is 13.0. The summed E-state index contributed by atoms with van der Waals surface area (Å²) in [6, 6.07) is 15.3. The topological polar surface area (TPSA) is 69.7 Å². The average Bonchev–Trinajstić information content (AvgIpc) is 2.87. The first-order valence-electron chi connectivity index (χ1n) is 11.3. The lowest BCUT2D eigenvalue weighted by Gasteiger charge is -2.16. The molecule has 0 aliphatic heterocycles. The largest absolute Gasteiger partial charge is 0.493 e. The summed E-state index contributed by atoms with van der Waals surface area (Å²) in [4.78, 5) is 17.7. The smallest absolute Gasteiger partial charge is 0.248 e. The van der Waals surface area contributed by atoms with Crippen molar-refractivity contribution in [1.29, 1.82) is 0 Å². The van der Waals surface area contributed by atoms with Crippen molar-refractivity contribution in [3.8, 4) is 28.4 Å². The van der Waals surface area contributed by atoms with E-state index in [9.17, 15) is 4.79 Å². The van der Waals surface area contributed by atoms with E-state index in [0.717, 1.165) is 33.2 Å². The van der Waals surface area contributed by atoms with Gasteiger partial charge in [0.05, 0.1) is 38.7 Å². The van der Waals surface area contributed by atoms with E-state index in [-0.39, 0.29) is 5.91 Å². The van der Waals surface area contributed by atoms with Crippen molar-refractivity contribution >= 4 is 40.2 Å². The number of rotatable bonds is 7. The van der Waals surface area contributed by atoms with Crippen LogP contribution in [0.4, 0.5) is 5.69 Å². The van der Waals surface area contributed by atoms with E-state index in [4.69, 9.17) is 25.8 Å². The first-order chi connectivity index (χ1) is 17.4. The zero-order chi connectivity index (χ0) is 25.8. The van der Waals surface area contributed by atoms with Gasteiger partial charge in [0.1, 0.15) is 0 Å². The molecule has 6 nitrogen and oxygen atoms in total. The predicted octanol–water partition coefficient (Wildman–Crippen LogP) is 6.85. The van der Waals surface area contributed by atoms with Gasteiger partial charge in [-0.2, -0.15) is 0 Å². The number of fused-ring (bicyclic) bond motifs is 1. The summed E-state index contributed by atoms with van der Waals surface area (Å²) >= 11 is 6.59. The fourth-order valence-corrected chi connectivity index (χ4v) is 4.48. The lowest BCUT2D eigenvalue weighted by molar-refractivity contribution is -0.111. The van der Waals surface area contributed by atoms with Gasteiger partial charge in [-0.15, -0.1) is 0 Å². The molecule has 1 heterocycles. The van der Waals surface area contributed by atoms with Crippen LogP contribution in [0.5, 0.6) is 17.2 Å². The molecule has 0 unspecified atom stereocenters. The Kier molecular flexibility index (Phi) is 7.46. The fourth-order valence-electron chi connectivity index (χ4n) is 4.25. The predicted molar refractivity (Wildman–Crippen MR) is 145 cm³/mol. The van der Waals surface area contributed by atoms with Gasteiger partial charge in [0, 0.05) is 27.6 Å². The number of benzene rings is 3. The van der Waals surface area contributed by atoms with E-state index >= 15 is 0 Å². The zero-order valence-electron chi connectivity index (χ0n) is 20.8. The van der Waals surface area contributed by atoms with Gasteiger partial charge in [0.15, 0.2) is 11.5 Å². The van der Waals surface area contributed by atoms with Crippen LogP contribution < -0.4 is 19.5 Å². The van der Waals surface area contributed by atoms with Crippen LogP contribution in [0, 0.1) is 13.8 Å². The second-order valence-electron chi connectivity index (χ2n) is 8.29. The standard InChI is InChI=1S/C29H27ClN2O4/c1-17-12-18(2)28-21(13-17)27(20-8-6-7-9-22(20)30)23(16-31-28)32-26(33)11-10-19-14-24(34-3)29(36-5)25(15-19)35-4/h6-16H,1-5H3,(H,32,33)/b11-10+. The molecule has 0 aliphatic rings. The number of carbonyl (C=O) groups excluding carboxylic acids is 1. The van der Waals surface area contributed by atoms with E-state index < -0.39 is 0 Å². The first-order valence-corrected chi connectivity index (χ1v) is 11.7. The summed E-state index contributed by atoms with van der Waals surface area (Å²) in [6.45, 7) is 4.06. The number of nitrogens with one attached hydrogen (secondary N) is 1. The highest BCUT2D eigenvalue weighted by Gasteiger charge is 2.17. The van der Waals surface area contributed by atoms with Gasteiger partial charge in [0.25, 0.3) is 0 Å².